The molecule has 8 atom stereocenters. The van der Waals surface area contributed by atoms with Crippen LogP contribution in [0.1, 0.15) is 46.5 Å². The van der Waals surface area contributed by atoms with Crippen LogP contribution in [0.2, 0.25) is 0 Å². The molecule has 6 nitrogen and oxygen atoms in total. The number of hydrogen-bond donors (Lipinski definition) is 1. The second kappa shape index (κ2) is 6.98. The Kier molecular flexibility index (Phi) is 4.78. The maximum absolute atomic E-state index is 6.49. The number of fused-ring (bicyclic) bond motifs is 2. The zero-order valence-electron chi connectivity index (χ0n) is 18.3. The molecule has 4 aliphatic heterocycles. The van der Waals surface area contributed by atoms with E-state index in [0.717, 1.165) is 44.8 Å². The number of nitrogens with zero attached hydrogens (tertiary/aromatic N) is 1. The summed E-state index contributed by atoms with van der Waals surface area (Å²) in [7, 11) is 1.80. The molecule has 29 heavy (non-hydrogen) atoms. The van der Waals surface area contributed by atoms with Gasteiger partial charge in [-0.1, -0.05) is 11.6 Å². The highest BCUT2D eigenvalue weighted by atomic mass is 16.6. The number of likely N-dealkylation sites (tertiary alicyclic amines) is 1. The summed E-state index contributed by atoms with van der Waals surface area (Å²) in [5.74, 6) is 0.985. The van der Waals surface area contributed by atoms with E-state index in [1.165, 1.54) is 12.0 Å². The molecule has 5 rings (SSSR count). The Labute approximate surface area is 174 Å². The Morgan fingerprint density at radius 3 is 2.76 bits per heavy atom. The van der Waals surface area contributed by atoms with Gasteiger partial charge in [-0.15, -0.1) is 0 Å². The first-order valence-corrected chi connectivity index (χ1v) is 11.2. The molecule has 0 radical (unpaired) electrons. The molecule has 1 aliphatic carbocycles. The Bertz CT molecular complexity index is 701. The van der Waals surface area contributed by atoms with Crippen LogP contribution in [0.5, 0.6) is 0 Å². The molecule has 5 fully saturated rings. The van der Waals surface area contributed by atoms with Crippen LogP contribution in [0.15, 0.2) is 24.1 Å². The molecule has 2 bridgehead atoms. The predicted octanol–water partition coefficient (Wildman–Crippen LogP) is 2.60. The van der Waals surface area contributed by atoms with Crippen molar-refractivity contribution >= 4 is 0 Å². The van der Waals surface area contributed by atoms with Crippen LogP contribution in [0.25, 0.3) is 0 Å². The van der Waals surface area contributed by atoms with Crippen molar-refractivity contribution in [2.45, 2.75) is 88.1 Å². The van der Waals surface area contributed by atoms with E-state index in [1.54, 1.807) is 7.11 Å². The van der Waals surface area contributed by atoms with E-state index in [4.69, 9.17) is 18.9 Å². The molecule has 1 N–H and O–H groups in total. The van der Waals surface area contributed by atoms with Crippen molar-refractivity contribution in [2.24, 2.45) is 5.92 Å². The fourth-order valence-electron chi connectivity index (χ4n) is 6.18. The van der Waals surface area contributed by atoms with E-state index in [0.29, 0.717) is 12.1 Å². The first kappa shape index (κ1) is 19.9. The number of nitrogens with one attached hydrogen (secondary N) is 1. The van der Waals surface area contributed by atoms with Crippen molar-refractivity contribution < 1.29 is 18.9 Å². The van der Waals surface area contributed by atoms with Crippen LogP contribution < -0.4 is 5.32 Å². The highest BCUT2D eigenvalue weighted by molar-refractivity contribution is 5.21. The van der Waals surface area contributed by atoms with Gasteiger partial charge in [0.2, 0.25) is 0 Å². The SMILES string of the molecule is C=C(O[C@@H]1CC[C@]2(CO2)[C@@H]([C@@]2(C)O[C@@H]2CC=C(C)C)[C@@H]1OC)N1CC2CC1CN2. The minimum absolute atomic E-state index is 0.00969. The molecule has 0 aromatic rings. The molecule has 0 aromatic carbocycles. The normalized spacial score (nSPS) is 47.4. The maximum Gasteiger partial charge on any atom is 0.182 e. The predicted molar refractivity (Wildman–Crippen MR) is 110 cm³/mol. The number of epoxide rings is 2. The molecule has 4 saturated heterocycles. The monoisotopic (exact) mass is 404 g/mol. The number of hydrogen-bond acceptors (Lipinski definition) is 6. The Morgan fingerprint density at radius 1 is 1.38 bits per heavy atom. The van der Waals surface area contributed by atoms with Gasteiger partial charge in [-0.2, -0.15) is 0 Å². The Morgan fingerprint density at radius 2 is 2.17 bits per heavy atom. The summed E-state index contributed by atoms with van der Waals surface area (Å²) in [6, 6.07) is 1.10. The number of ether oxygens (including phenoxy) is 4. The van der Waals surface area contributed by atoms with E-state index >= 15 is 0 Å². The van der Waals surface area contributed by atoms with Crippen molar-refractivity contribution in [2.75, 3.05) is 26.8 Å². The minimum Gasteiger partial charge on any atom is -0.474 e. The minimum atomic E-state index is -0.219. The third-order valence-corrected chi connectivity index (χ3v) is 7.90. The second-order valence-electron chi connectivity index (χ2n) is 10.1. The Hall–Kier alpha value is -1.08. The second-order valence-corrected chi connectivity index (χ2v) is 10.1. The lowest BCUT2D eigenvalue weighted by Crippen LogP contribution is -2.55. The summed E-state index contributed by atoms with van der Waals surface area (Å²) < 4.78 is 24.9. The number of piperazine rings is 1. The van der Waals surface area contributed by atoms with Crippen molar-refractivity contribution in [3.8, 4) is 0 Å². The topological polar surface area (TPSA) is 58.8 Å². The van der Waals surface area contributed by atoms with Gasteiger partial charge in [-0.25, -0.2) is 0 Å². The smallest absolute Gasteiger partial charge is 0.182 e. The fraction of sp³-hybridized carbons (Fsp3) is 0.826. The number of allylic oxidation sites excluding steroid dienone is 1. The molecule has 0 aromatic heterocycles. The average molecular weight is 405 g/mol. The molecular formula is C23H36N2O4. The quantitative estimate of drug-likeness (QED) is 0.400. The average Bonchev–Trinajstić information content (AvgIpc) is 3.48. The lowest BCUT2D eigenvalue weighted by Gasteiger charge is -2.44. The number of methoxy groups -OCH3 is 1. The first-order valence-electron chi connectivity index (χ1n) is 11.2. The summed E-state index contributed by atoms with van der Waals surface area (Å²) in [5.41, 5.74) is 1.01. The van der Waals surface area contributed by atoms with E-state index in [1.807, 2.05) is 0 Å². The van der Waals surface area contributed by atoms with Gasteiger partial charge in [-0.3, -0.25) is 0 Å². The molecule has 4 heterocycles. The van der Waals surface area contributed by atoms with Gasteiger partial charge in [0.05, 0.1) is 18.6 Å². The lowest BCUT2D eigenvalue weighted by molar-refractivity contribution is -0.134. The fourth-order valence-corrected chi connectivity index (χ4v) is 6.18. The largest absolute Gasteiger partial charge is 0.474 e. The molecule has 0 amide bonds. The molecule has 6 heteroatoms. The molecule has 2 unspecified atom stereocenters. The van der Waals surface area contributed by atoms with Crippen LogP contribution in [0.3, 0.4) is 0 Å². The zero-order valence-corrected chi connectivity index (χ0v) is 18.3. The van der Waals surface area contributed by atoms with E-state index in [9.17, 15) is 0 Å². The third-order valence-electron chi connectivity index (χ3n) is 7.90. The molecule has 1 spiro atoms. The van der Waals surface area contributed by atoms with Crippen molar-refractivity contribution in [1.29, 1.82) is 0 Å². The van der Waals surface area contributed by atoms with Gasteiger partial charge >= 0.3 is 0 Å². The summed E-state index contributed by atoms with van der Waals surface area (Å²) in [6.07, 6.45) is 6.51. The van der Waals surface area contributed by atoms with Gasteiger partial charge in [0.1, 0.15) is 23.4 Å². The molecular weight excluding hydrogens is 368 g/mol. The highest BCUT2D eigenvalue weighted by Crippen LogP contribution is 2.59. The van der Waals surface area contributed by atoms with Gasteiger partial charge < -0.3 is 29.2 Å². The van der Waals surface area contributed by atoms with Crippen molar-refractivity contribution in [3.63, 3.8) is 0 Å². The standard InChI is InChI=1S/C23H36N2O4/c1-14(2)6-7-19-22(4,29-19)21-20(26-5)18(8-9-23(21)13-27-23)28-15(3)25-12-16-10-17(25)11-24-16/h6,16-21,24H,3,7-13H2,1-2,4-5H3/t16?,17?,18-,19-,20-,21-,22+,23+/m1/s1. The zero-order chi connectivity index (χ0) is 20.4. The first-order chi connectivity index (χ1) is 13.9. The van der Waals surface area contributed by atoms with Gasteiger partial charge in [-0.05, 0) is 53.0 Å². The van der Waals surface area contributed by atoms with Gasteiger partial charge in [0, 0.05) is 32.3 Å². The lowest BCUT2D eigenvalue weighted by atomic mass is 9.68. The third kappa shape index (κ3) is 3.32. The van der Waals surface area contributed by atoms with E-state index < -0.39 is 0 Å². The molecule has 5 aliphatic rings. The number of rotatable bonds is 7. The van der Waals surface area contributed by atoms with Gasteiger partial charge in [0.25, 0.3) is 0 Å². The van der Waals surface area contributed by atoms with Crippen LogP contribution >= 0.6 is 0 Å². The van der Waals surface area contributed by atoms with Crippen molar-refractivity contribution in [3.05, 3.63) is 24.1 Å². The van der Waals surface area contributed by atoms with Crippen LogP contribution in [0.4, 0.5) is 0 Å². The molecule has 1 saturated carbocycles. The molecule has 162 valence electrons. The van der Waals surface area contributed by atoms with Crippen LogP contribution in [-0.4, -0.2) is 73.3 Å². The van der Waals surface area contributed by atoms with Crippen molar-refractivity contribution in [1.82, 2.24) is 10.2 Å². The maximum atomic E-state index is 6.49. The summed E-state index contributed by atoms with van der Waals surface area (Å²) >= 11 is 0. The Balaban J connectivity index is 1.30. The summed E-state index contributed by atoms with van der Waals surface area (Å²) in [5, 5.41) is 3.54. The summed E-state index contributed by atoms with van der Waals surface area (Å²) in [4.78, 5) is 2.34. The highest BCUT2D eigenvalue weighted by Gasteiger charge is 2.72. The van der Waals surface area contributed by atoms with E-state index in [2.05, 4.69) is 43.6 Å². The van der Waals surface area contributed by atoms with Crippen LogP contribution in [-0.2, 0) is 18.9 Å². The van der Waals surface area contributed by atoms with Gasteiger partial charge in [0.15, 0.2) is 5.88 Å². The summed E-state index contributed by atoms with van der Waals surface area (Å²) in [6.45, 7) is 13.6. The van der Waals surface area contributed by atoms with Crippen LogP contribution in [0, 0.1) is 5.92 Å². The van der Waals surface area contributed by atoms with E-state index in [-0.39, 0.29) is 35.4 Å².